The van der Waals surface area contributed by atoms with Crippen molar-refractivity contribution in [3.05, 3.63) is 50.7 Å². The molecule has 1 N–H and O–H groups in total. The quantitative estimate of drug-likeness (QED) is 0.610. The predicted molar refractivity (Wildman–Crippen MR) is 65.8 cm³/mol. The third-order valence-electron chi connectivity index (χ3n) is 3.29. The van der Waals surface area contributed by atoms with E-state index in [1.165, 1.54) is 0 Å². The minimum Gasteiger partial charge on any atom is -0.502 e. The molecule has 0 radical (unpaired) electrons. The predicted octanol–water partition coefficient (Wildman–Crippen LogP) is 2.36. The lowest BCUT2D eigenvalue weighted by Crippen LogP contribution is -2.37. The third-order valence-corrected chi connectivity index (χ3v) is 3.29. The van der Waals surface area contributed by atoms with Crippen LogP contribution in [0.1, 0.15) is 30.5 Å². The van der Waals surface area contributed by atoms with Gasteiger partial charge in [-0.2, -0.15) is 0 Å². The molecule has 94 valence electrons. The minimum absolute atomic E-state index is 0.367. The van der Waals surface area contributed by atoms with Crippen LogP contribution in [0, 0.1) is 17.0 Å². The van der Waals surface area contributed by atoms with E-state index in [2.05, 4.69) is 0 Å². The molecule has 0 saturated heterocycles. The highest BCUT2D eigenvalue weighted by Crippen LogP contribution is 2.39. The zero-order chi connectivity index (χ0) is 13.7. The molecule has 1 aromatic rings. The van der Waals surface area contributed by atoms with Gasteiger partial charge in [-0.15, -0.1) is 0 Å². The molecule has 0 saturated carbocycles. The summed E-state index contributed by atoms with van der Waals surface area (Å²) in [6, 6.07) is 5.20. The molecule has 1 aromatic carbocycles. The van der Waals surface area contributed by atoms with Crippen molar-refractivity contribution < 1.29 is 14.8 Å². The standard InChI is InChI=1S/C13H13NO4/c1-7-4-5-9-8(6-7)11(15)10(14(17)18)12(16)13(9,2)3/h4-6,15H,1-3H3. The van der Waals surface area contributed by atoms with Crippen molar-refractivity contribution in [1.82, 2.24) is 0 Å². The maximum absolute atomic E-state index is 12.1. The van der Waals surface area contributed by atoms with Gasteiger partial charge in [0, 0.05) is 5.56 Å². The van der Waals surface area contributed by atoms with E-state index >= 15 is 0 Å². The monoisotopic (exact) mass is 247 g/mol. The van der Waals surface area contributed by atoms with E-state index in [1.807, 2.05) is 13.0 Å². The van der Waals surface area contributed by atoms with E-state index in [0.29, 0.717) is 11.1 Å². The van der Waals surface area contributed by atoms with Gasteiger partial charge in [0.1, 0.15) is 0 Å². The van der Waals surface area contributed by atoms with Crippen LogP contribution in [0.15, 0.2) is 23.9 Å². The van der Waals surface area contributed by atoms with Gasteiger partial charge >= 0.3 is 5.70 Å². The van der Waals surface area contributed by atoms with Crippen LogP contribution in [0.4, 0.5) is 0 Å². The Morgan fingerprint density at radius 1 is 1.33 bits per heavy atom. The first-order chi connectivity index (χ1) is 8.26. The smallest absolute Gasteiger partial charge is 0.354 e. The summed E-state index contributed by atoms with van der Waals surface area (Å²) in [5, 5.41) is 20.9. The normalized spacial score (nSPS) is 17.6. The number of allylic oxidation sites excluding steroid dienone is 1. The molecular weight excluding hydrogens is 234 g/mol. The summed E-state index contributed by atoms with van der Waals surface area (Å²) >= 11 is 0. The molecule has 0 unspecified atom stereocenters. The SMILES string of the molecule is Cc1ccc2c(c1)C(O)=C([N+](=O)[O-])C(=O)C2(C)C. The van der Waals surface area contributed by atoms with Crippen LogP contribution in [0.2, 0.25) is 0 Å². The van der Waals surface area contributed by atoms with Gasteiger partial charge < -0.3 is 5.11 Å². The van der Waals surface area contributed by atoms with Gasteiger partial charge in [-0.3, -0.25) is 14.9 Å². The lowest BCUT2D eigenvalue weighted by Gasteiger charge is -2.28. The molecule has 5 heteroatoms. The van der Waals surface area contributed by atoms with Crippen LogP contribution >= 0.6 is 0 Å². The largest absolute Gasteiger partial charge is 0.502 e. The van der Waals surface area contributed by atoms with Crippen molar-refractivity contribution in [2.75, 3.05) is 0 Å². The minimum atomic E-state index is -1.00. The van der Waals surface area contributed by atoms with Gasteiger partial charge in [0.25, 0.3) is 0 Å². The van der Waals surface area contributed by atoms with Crippen LogP contribution in [0.3, 0.4) is 0 Å². The second kappa shape index (κ2) is 3.66. The van der Waals surface area contributed by atoms with Gasteiger partial charge in [-0.25, -0.2) is 0 Å². The Kier molecular flexibility index (Phi) is 2.50. The zero-order valence-electron chi connectivity index (χ0n) is 10.4. The van der Waals surface area contributed by atoms with E-state index in [-0.39, 0.29) is 0 Å². The van der Waals surface area contributed by atoms with Crippen molar-refractivity contribution in [3.63, 3.8) is 0 Å². The Hall–Kier alpha value is -2.17. The Bertz CT molecular complexity index is 599. The number of carbonyl (C=O) groups excluding carboxylic acids is 1. The average molecular weight is 247 g/mol. The highest BCUT2D eigenvalue weighted by atomic mass is 16.6. The molecule has 0 aromatic heterocycles. The van der Waals surface area contributed by atoms with Crippen molar-refractivity contribution in [1.29, 1.82) is 0 Å². The molecule has 0 heterocycles. The molecule has 0 fully saturated rings. The fourth-order valence-electron chi connectivity index (χ4n) is 2.22. The number of hydrogen-bond donors (Lipinski definition) is 1. The van der Waals surface area contributed by atoms with Gasteiger partial charge in [0.2, 0.25) is 11.5 Å². The molecule has 1 aliphatic carbocycles. The van der Waals surface area contributed by atoms with Crippen LogP contribution in [0.5, 0.6) is 0 Å². The van der Waals surface area contributed by atoms with Gasteiger partial charge in [0.15, 0.2) is 0 Å². The number of hydrogen-bond acceptors (Lipinski definition) is 4. The summed E-state index contributed by atoms with van der Waals surface area (Å²) in [5.74, 6) is -1.20. The van der Waals surface area contributed by atoms with E-state index in [4.69, 9.17) is 0 Å². The molecule has 5 nitrogen and oxygen atoms in total. The number of aliphatic hydroxyl groups excluding tert-OH is 1. The maximum Gasteiger partial charge on any atom is 0.354 e. The Morgan fingerprint density at radius 2 is 1.94 bits per heavy atom. The Balaban J connectivity index is 2.84. The van der Waals surface area contributed by atoms with Gasteiger partial charge in [0.05, 0.1) is 10.3 Å². The Labute approximate surface area is 104 Å². The van der Waals surface area contributed by atoms with Crippen LogP contribution in [-0.4, -0.2) is 15.8 Å². The topological polar surface area (TPSA) is 80.4 Å². The van der Waals surface area contributed by atoms with E-state index < -0.39 is 27.6 Å². The number of benzene rings is 1. The fraction of sp³-hybridized carbons (Fsp3) is 0.308. The summed E-state index contributed by atoms with van der Waals surface area (Å²) in [7, 11) is 0. The molecule has 18 heavy (non-hydrogen) atoms. The molecule has 0 bridgehead atoms. The maximum atomic E-state index is 12.1. The number of nitrogens with zero attached hydrogens (tertiary/aromatic N) is 1. The summed E-state index contributed by atoms with van der Waals surface area (Å²) in [6.45, 7) is 5.07. The van der Waals surface area contributed by atoms with E-state index in [9.17, 15) is 20.0 Å². The summed E-state index contributed by atoms with van der Waals surface area (Å²) in [5.41, 5.74) is 0.122. The molecule has 0 spiro atoms. The van der Waals surface area contributed by atoms with Gasteiger partial charge in [-0.1, -0.05) is 17.7 Å². The number of rotatable bonds is 1. The van der Waals surface area contributed by atoms with Crippen LogP contribution < -0.4 is 0 Å². The van der Waals surface area contributed by atoms with Gasteiger partial charge in [-0.05, 0) is 32.4 Å². The molecular formula is C13H13NO4. The number of aliphatic hydroxyl groups is 1. The summed E-state index contributed by atoms with van der Waals surface area (Å²) < 4.78 is 0. The number of Topliss-reactive ketones (excluding diaryl/α,β-unsaturated/α-hetero) is 1. The molecule has 0 aliphatic heterocycles. The van der Waals surface area contributed by atoms with E-state index in [0.717, 1.165) is 5.56 Å². The second-order valence-electron chi connectivity index (χ2n) is 4.96. The zero-order valence-corrected chi connectivity index (χ0v) is 10.4. The first-order valence-electron chi connectivity index (χ1n) is 5.50. The number of aryl methyl sites for hydroxylation is 1. The van der Waals surface area contributed by atoms with Crippen molar-refractivity contribution in [3.8, 4) is 0 Å². The molecule has 0 amide bonds. The molecule has 1 aliphatic rings. The third kappa shape index (κ3) is 1.51. The first-order valence-corrected chi connectivity index (χ1v) is 5.50. The fourth-order valence-corrected chi connectivity index (χ4v) is 2.22. The molecule has 2 rings (SSSR count). The van der Waals surface area contributed by atoms with E-state index in [1.54, 1.807) is 26.0 Å². The first kappa shape index (κ1) is 12.3. The number of nitro groups is 1. The lowest BCUT2D eigenvalue weighted by atomic mass is 9.72. The lowest BCUT2D eigenvalue weighted by molar-refractivity contribution is -0.419. The Morgan fingerprint density at radius 3 is 2.50 bits per heavy atom. The van der Waals surface area contributed by atoms with Crippen LogP contribution in [0.25, 0.3) is 5.76 Å². The highest BCUT2D eigenvalue weighted by molar-refractivity contribution is 6.08. The van der Waals surface area contributed by atoms with Crippen molar-refractivity contribution in [2.45, 2.75) is 26.2 Å². The summed E-state index contributed by atoms with van der Waals surface area (Å²) in [6.07, 6.45) is 0. The second-order valence-corrected chi connectivity index (χ2v) is 4.96. The molecule has 0 atom stereocenters. The number of fused-ring (bicyclic) bond motifs is 1. The van der Waals surface area contributed by atoms with Crippen LogP contribution in [-0.2, 0) is 10.2 Å². The average Bonchev–Trinajstić information content (AvgIpc) is 2.26. The van der Waals surface area contributed by atoms with Crippen molar-refractivity contribution in [2.24, 2.45) is 0 Å². The highest BCUT2D eigenvalue weighted by Gasteiger charge is 2.46. The number of ketones is 1. The van der Waals surface area contributed by atoms with Crippen molar-refractivity contribution >= 4 is 11.5 Å². The number of carbonyl (C=O) groups is 1. The summed E-state index contributed by atoms with van der Waals surface area (Å²) in [4.78, 5) is 22.2.